The minimum atomic E-state index is 0.151. The maximum absolute atomic E-state index is 4.61. The summed E-state index contributed by atoms with van der Waals surface area (Å²) in [5, 5.41) is 3.45. The average Bonchev–Trinajstić information content (AvgIpc) is 2.67. The number of pyridine rings is 2. The fourth-order valence-corrected chi connectivity index (χ4v) is 2.55. The van der Waals surface area contributed by atoms with E-state index in [9.17, 15) is 0 Å². The highest BCUT2D eigenvalue weighted by Crippen LogP contribution is 2.23. The van der Waals surface area contributed by atoms with E-state index in [-0.39, 0.29) is 6.04 Å². The van der Waals surface area contributed by atoms with Crippen LogP contribution in [0.2, 0.25) is 0 Å². The van der Waals surface area contributed by atoms with E-state index in [0.29, 0.717) is 5.95 Å². The van der Waals surface area contributed by atoms with Crippen LogP contribution in [0.3, 0.4) is 0 Å². The molecule has 0 aromatic carbocycles. The molecule has 3 rings (SSSR count). The molecule has 0 bridgehead atoms. The molecule has 0 aliphatic heterocycles. The van der Waals surface area contributed by atoms with E-state index >= 15 is 0 Å². The average molecular weight is 319 g/mol. The SMILES string of the molecule is CCCC[C@H](Nc1nccc(-c2ccccn2)n1)c1cccnc1. The third-order valence-corrected chi connectivity index (χ3v) is 3.82. The maximum atomic E-state index is 4.61. The molecule has 0 amide bonds. The Labute approximate surface area is 142 Å². The van der Waals surface area contributed by atoms with Crippen molar-refractivity contribution in [3.63, 3.8) is 0 Å². The summed E-state index contributed by atoms with van der Waals surface area (Å²) in [5.41, 5.74) is 2.81. The van der Waals surface area contributed by atoms with Crippen LogP contribution < -0.4 is 5.32 Å². The molecule has 1 atom stereocenters. The van der Waals surface area contributed by atoms with Crippen LogP contribution >= 0.6 is 0 Å². The third-order valence-electron chi connectivity index (χ3n) is 3.82. The number of unbranched alkanes of at least 4 members (excludes halogenated alkanes) is 1. The Morgan fingerprint density at radius 1 is 0.958 bits per heavy atom. The van der Waals surface area contributed by atoms with Crippen LogP contribution in [0.4, 0.5) is 5.95 Å². The second kappa shape index (κ2) is 8.15. The van der Waals surface area contributed by atoms with Gasteiger partial charge in [0.25, 0.3) is 0 Å². The molecule has 5 heteroatoms. The number of aromatic nitrogens is 4. The Bertz CT molecular complexity index is 746. The van der Waals surface area contributed by atoms with Crippen LogP contribution in [0.15, 0.2) is 61.2 Å². The second-order valence-electron chi connectivity index (χ2n) is 5.61. The van der Waals surface area contributed by atoms with Crippen LogP contribution in [-0.2, 0) is 0 Å². The normalized spacial score (nSPS) is 11.9. The maximum Gasteiger partial charge on any atom is 0.223 e. The van der Waals surface area contributed by atoms with Crippen LogP contribution in [-0.4, -0.2) is 19.9 Å². The van der Waals surface area contributed by atoms with Gasteiger partial charge in [-0.3, -0.25) is 9.97 Å². The van der Waals surface area contributed by atoms with E-state index in [1.165, 1.54) is 0 Å². The van der Waals surface area contributed by atoms with Crippen molar-refractivity contribution in [2.75, 3.05) is 5.32 Å². The van der Waals surface area contributed by atoms with E-state index in [1.54, 1.807) is 18.6 Å². The number of nitrogens with one attached hydrogen (secondary N) is 1. The van der Waals surface area contributed by atoms with Gasteiger partial charge in [-0.25, -0.2) is 9.97 Å². The van der Waals surface area contributed by atoms with Crippen LogP contribution in [0.1, 0.15) is 37.8 Å². The Hall–Kier alpha value is -2.82. The highest BCUT2D eigenvalue weighted by atomic mass is 15.1. The largest absolute Gasteiger partial charge is 0.347 e. The van der Waals surface area contributed by atoms with Gasteiger partial charge in [-0.1, -0.05) is 31.9 Å². The zero-order chi connectivity index (χ0) is 16.6. The van der Waals surface area contributed by atoms with Gasteiger partial charge in [0, 0.05) is 24.8 Å². The van der Waals surface area contributed by atoms with Crippen molar-refractivity contribution in [2.45, 2.75) is 32.2 Å². The predicted octanol–water partition coefficient (Wildman–Crippen LogP) is 4.28. The number of hydrogen-bond acceptors (Lipinski definition) is 5. The van der Waals surface area contributed by atoms with E-state index < -0.39 is 0 Å². The number of nitrogens with zero attached hydrogens (tertiary/aromatic N) is 4. The first-order valence-electron chi connectivity index (χ1n) is 8.27. The fourth-order valence-electron chi connectivity index (χ4n) is 2.55. The monoisotopic (exact) mass is 319 g/mol. The summed E-state index contributed by atoms with van der Waals surface area (Å²) in [6.45, 7) is 2.19. The van der Waals surface area contributed by atoms with Gasteiger partial charge in [0.05, 0.1) is 17.4 Å². The number of anilines is 1. The van der Waals surface area contributed by atoms with Gasteiger partial charge >= 0.3 is 0 Å². The molecule has 24 heavy (non-hydrogen) atoms. The van der Waals surface area contributed by atoms with Gasteiger partial charge in [0.15, 0.2) is 0 Å². The Morgan fingerprint density at radius 3 is 2.67 bits per heavy atom. The predicted molar refractivity (Wildman–Crippen MR) is 95.4 cm³/mol. The standard InChI is InChI=1S/C19H21N5/c1-2-3-8-16(15-7-6-11-20-14-15)23-19-22-13-10-18(24-19)17-9-4-5-12-21-17/h4-7,9-14,16H,2-3,8H2,1H3,(H,22,23,24)/t16-/m0/s1. The topological polar surface area (TPSA) is 63.6 Å². The molecule has 0 unspecified atom stereocenters. The summed E-state index contributed by atoms with van der Waals surface area (Å²) in [4.78, 5) is 17.6. The summed E-state index contributed by atoms with van der Waals surface area (Å²) in [5.74, 6) is 0.614. The molecule has 0 saturated carbocycles. The van der Waals surface area contributed by atoms with Crippen LogP contribution in [0.5, 0.6) is 0 Å². The molecule has 0 aliphatic carbocycles. The zero-order valence-corrected chi connectivity index (χ0v) is 13.8. The second-order valence-corrected chi connectivity index (χ2v) is 5.61. The van der Waals surface area contributed by atoms with Gasteiger partial charge < -0.3 is 5.32 Å². The fraction of sp³-hybridized carbons (Fsp3) is 0.263. The molecule has 0 aliphatic rings. The van der Waals surface area contributed by atoms with Crippen molar-refractivity contribution < 1.29 is 0 Å². The number of hydrogen-bond donors (Lipinski definition) is 1. The lowest BCUT2D eigenvalue weighted by molar-refractivity contribution is 0.628. The lowest BCUT2D eigenvalue weighted by atomic mass is 10.0. The lowest BCUT2D eigenvalue weighted by Crippen LogP contribution is -2.13. The summed E-state index contributed by atoms with van der Waals surface area (Å²) < 4.78 is 0. The van der Waals surface area contributed by atoms with Crippen molar-refractivity contribution in [1.82, 2.24) is 19.9 Å². The summed E-state index contributed by atoms with van der Waals surface area (Å²) in [7, 11) is 0. The van der Waals surface area contributed by atoms with Gasteiger partial charge in [-0.05, 0) is 36.2 Å². The highest BCUT2D eigenvalue weighted by molar-refractivity contribution is 5.54. The van der Waals surface area contributed by atoms with E-state index in [1.807, 2.05) is 36.5 Å². The molecule has 1 N–H and O–H groups in total. The molecule has 0 spiro atoms. The highest BCUT2D eigenvalue weighted by Gasteiger charge is 2.13. The van der Waals surface area contributed by atoms with Crippen molar-refractivity contribution in [1.29, 1.82) is 0 Å². The molecule has 3 aromatic heterocycles. The van der Waals surface area contributed by atoms with Gasteiger partial charge in [-0.15, -0.1) is 0 Å². The Kier molecular flexibility index (Phi) is 5.45. The van der Waals surface area contributed by atoms with Crippen molar-refractivity contribution in [3.05, 3.63) is 66.7 Å². The molecular weight excluding hydrogens is 298 g/mol. The van der Waals surface area contributed by atoms with Crippen LogP contribution in [0.25, 0.3) is 11.4 Å². The Balaban J connectivity index is 1.82. The third kappa shape index (κ3) is 4.13. The first kappa shape index (κ1) is 16.1. The molecule has 0 saturated heterocycles. The summed E-state index contributed by atoms with van der Waals surface area (Å²) in [6, 6.07) is 11.9. The van der Waals surface area contributed by atoms with Crippen molar-refractivity contribution >= 4 is 5.95 Å². The van der Waals surface area contributed by atoms with Crippen molar-refractivity contribution in [3.8, 4) is 11.4 Å². The Morgan fingerprint density at radius 2 is 1.92 bits per heavy atom. The van der Waals surface area contributed by atoms with Gasteiger partial charge in [-0.2, -0.15) is 0 Å². The smallest absolute Gasteiger partial charge is 0.223 e. The lowest BCUT2D eigenvalue weighted by Gasteiger charge is -2.18. The first-order valence-corrected chi connectivity index (χ1v) is 8.27. The molecule has 122 valence electrons. The molecule has 5 nitrogen and oxygen atoms in total. The van der Waals surface area contributed by atoms with Crippen molar-refractivity contribution in [2.24, 2.45) is 0 Å². The first-order chi connectivity index (χ1) is 11.9. The minimum absolute atomic E-state index is 0.151. The van der Waals surface area contributed by atoms with Gasteiger partial charge in [0.1, 0.15) is 0 Å². The van der Waals surface area contributed by atoms with Crippen LogP contribution in [0, 0.1) is 0 Å². The number of rotatable bonds is 7. The summed E-state index contributed by atoms with van der Waals surface area (Å²) in [6.07, 6.45) is 10.5. The zero-order valence-electron chi connectivity index (χ0n) is 13.8. The van der Waals surface area contributed by atoms with Gasteiger partial charge in [0.2, 0.25) is 5.95 Å². The molecular formula is C19H21N5. The molecule has 3 aromatic rings. The van der Waals surface area contributed by atoms with E-state index in [4.69, 9.17) is 0 Å². The molecule has 3 heterocycles. The molecule has 0 fully saturated rings. The van der Waals surface area contributed by atoms with E-state index in [0.717, 1.165) is 36.2 Å². The van der Waals surface area contributed by atoms with E-state index in [2.05, 4.69) is 38.2 Å². The quantitative estimate of drug-likeness (QED) is 0.704. The molecule has 0 radical (unpaired) electrons. The summed E-state index contributed by atoms with van der Waals surface area (Å²) >= 11 is 0. The minimum Gasteiger partial charge on any atom is -0.347 e.